The summed E-state index contributed by atoms with van der Waals surface area (Å²) in [5.41, 5.74) is 0.895. The number of carbonyl (C=O) groups excluding carboxylic acids is 1. The predicted molar refractivity (Wildman–Crippen MR) is 89.0 cm³/mol. The molecule has 0 unspecified atom stereocenters. The lowest BCUT2D eigenvalue weighted by Crippen LogP contribution is -2.28. The highest BCUT2D eigenvalue weighted by molar-refractivity contribution is 6.35. The number of rotatable bonds is 4. The zero-order valence-electron chi connectivity index (χ0n) is 12.0. The lowest BCUT2D eigenvalue weighted by Gasteiger charge is -2.19. The number of benzene rings is 2. The van der Waals surface area contributed by atoms with Crippen LogP contribution in [0.15, 0.2) is 42.5 Å². The van der Waals surface area contributed by atoms with Crippen molar-refractivity contribution in [3.63, 3.8) is 0 Å². The maximum Gasteiger partial charge on any atom is 0.235 e. The number of anilines is 1. The lowest BCUT2D eigenvalue weighted by molar-refractivity contribution is -0.118. The Balaban J connectivity index is 1.90. The van der Waals surface area contributed by atoms with E-state index in [0.29, 0.717) is 15.7 Å². The molecule has 114 valence electrons. The minimum atomic E-state index is -0.543. The molecule has 0 aromatic heterocycles. The van der Waals surface area contributed by atoms with Crippen molar-refractivity contribution in [3.05, 3.63) is 58.1 Å². The quantitative estimate of drug-likeness (QED) is 0.881. The fraction of sp³-hybridized carbons (Fsp3) is 0.235. The summed E-state index contributed by atoms with van der Waals surface area (Å²) in [6.07, 6.45) is 1.58. The van der Waals surface area contributed by atoms with Gasteiger partial charge in [-0.25, -0.2) is 0 Å². The SMILES string of the molecule is COc1ccccc1C1(C(=O)Nc2cc(Cl)ccc2Cl)CC1. The lowest BCUT2D eigenvalue weighted by atomic mass is 9.94. The Kier molecular flexibility index (Phi) is 4.02. The predicted octanol–water partition coefficient (Wildman–Crippen LogP) is 4.67. The van der Waals surface area contributed by atoms with Crippen LogP contribution in [-0.4, -0.2) is 13.0 Å². The zero-order valence-corrected chi connectivity index (χ0v) is 13.5. The monoisotopic (exact) mass is 335 g/mol. The number of hydrogen-bond donors (Lipinski definition) is 1. The van der Waals surface area contributed by atoms with E-state index in [-0.39, 0.29) is 5.91 Å². The van der Waals surface area contributed by atoms with Crippen molar-refractivity contribution >= 4 is 34.8 Å². The van der Waals surface area contributed by atoms with Crippen LogP contribution in [0, 0.1) is 0 Å². The third kappa shape index (κ3) is 2.67. The standard InChI is InChI=1S/C17H15Cl2NO2/c1-22-15-5-3-2-4-12(15)17(8-9-17)16(21)20-14-10-11(18)6-7-13(14)19/h2-7,10H,8-9H2,1H3,(H,20,21). The molecule has 0 atom stereocenters. The van der Waals surface area contributed by atoms with Crippen molar-refractivity contribution in [1.82, 2.24) is 0 Å². The third-order valence-corrected chi connectivity index (χ3v) is 4.55. The van der Waals surface area contributed by atoms with Gasteiger partial charge in [-0.15, -0.1) is 0 Å². The molecule has 1 aliphatic carbocycles. The van der Waals surface area contributed by atoms with E-state index in [1.165, 1.54) is 0 Å². The maximum absolute atomic E-state index is 12.8. The molecule has 1 amide bonds. The van der Waals surface area contributed by atoms with Gasteiger partial charge in [-0.3, -0.25) is 4.79 Å². The number of amides is 1. The number of methoxy groups -OCH3 is 1. The molecule has 0 heterocycles. The van der Waals surface area contributed by atoms with Gasteiger partial charge in [0.25, 0.3) is 0 Å². The molecule has 1 saturated carbocycles. The molecule has 2 aromatic rings. The summed E-state index contributed by atoms with van der Waals surface area (Å²) in [5.74, 6) is 0.647. The highest BCUT2D eigenvalue weighted by Crippen LogP contribution is 2.52. The second-order valence-electron chi connectivity index (χ2n) is 5.36. The number of ether oxygens (including phenoxy) is 1. The summed E-state index contributed by atoms with van der Waals surface area (Å²) in [5, 5.41) is 3.89. The van der Waals surface area contributed by atoms with Gasteiger partial charge in [-0.1, -0.05) is 41.4 Å². The van der Waals surface area contributed by atoms with Crippen molar-refractivity contribution < 1.29 is 9.53 Å². The molecule has 5 heteroatoms. The van der Waals surface area contributed by atoms with Crippen molar-refractivity contribution in [3.8, 4) is 5.75 Å². The Bertz CT molecular complexity index is 726. The van der Waals surface area contributed by atoms with E-state index in [9.17, 15) is 4.79 Å². The van der Waals surface area contributed by atoms with Crippen molar-refractivity contribution in [2.24, 2.45) is 0 Å². The fourth-order valence-corrected chi connectivity index (χ4v) is 2.96. The van der Waals surface area contributed by atoms with Crippen LogP contribution in [0.4, 0.5) is 5.69 Å². The second kappa shape index (κ2) is 5.82. The van der Waals surface area contributed by atoms with Gasteiger partial charge in [-0.2, -0.15) is 0 Å². The highest BCUT2D eigenvalue weighted by Gasteiger charge is 2.52. The van der Waals surface area contributed by atoms with E-state index in [1.54, 1.807) is 25.3 Å². The van der Waals surface area contributed by atoms with Crippen LogP contribution in [0.3, 0.4) is 0 Å². The van der Waals surface area contributed by atoms with Gasteiger partial charge < -0.3 is 10.1 Å². The Labute approximate surface area is 139 Å². The first-order valence-corrected chi connectivity index (χ1v) is 7.72. The van der Waals surface area contributed by atoms with E-state index in [4.69, 9.17) is 27.9 Å². The van der Waals surface area contributed by atoms with E-state index in [0.717, 1.165) is 24.2 Å². The Morgan fingerprint density at radius 3 is 2.59 bits per heavy atom. The second-order valence-corrected chi connectivity index (χ2v) is 6.20. The minimum absolute atomic E-state index is 0.0823. The van der Waals surface area contributed by atoms with Gasteiger partial charge in [0.2, 0.25) is 5.91 Å². The number of para-hydroxylation sites is 1. The minimum Gasteiger partial charge on any atom is -0.496 e. The van der Waals surface area contributed by atoms with Crippen LogP contribution in [0.2, 0.25) is 10.0 Å². The van der Waals surface area contributed by atoms with E-state index >= 15 is 0 Å². The van der Waals surface area contributed by atoms with Gasteiger partial charge in [0.05, 0.1) is 23.2 Å². The normalized spacial score (nSPS) is 15.2. The summed E-state index contributed by atoms with van der Waals surface area (Å²) < 4.78 is 5.39. The van der Waals surface area contributed by atoms with Crippen LogP contribution < -0.4 is 10.1 Å². The average Bonchev–Trinajstić information content (AvgIpc) is 3.32. The molecule has 0 radical (unpaired) electrons. The Morgan fingerprint density at radius 1 is 1.18 bits per heavy atom. The average molecular weight is 336 g/mol. The van der Waals surface area contributed by atoms with Crippen LogP contribution >= 0.6 is 23.2 Å². The largest absolute Gasteiger partial charge is 0.496 e. The van der Waals surface area contributed by atoms with E-state index < -0.39 is 5.41 Å². The molecule has 3 nitrogen and oxygen atoms in total. The Hall–Kier alpha value is -1.71. The first-order chi connectivity index (χ1) is 10.6. The van der Waals surface area contributed by atoms with Gasteiger partial charge >= 0.3 is 0 Å². The van der Waals surface area contributed by atoms with Crippen LogP contribution in [-0.2, 0) is 10.2 Å². The first-order valence-electron chi connectivity index (χ1n) is 6.97. The van der Waals surface area contributed by atoms with Crippen molar-refractivity contribution in [1.29, 1.82) is 0 Å². The van der Waals surface area contributed by atoms with E-state index in [2.05, 4.69) is 5.32 Å². The summed E-state index contributed by atoms with van der Waals surface area (Å²) in [4.78, 5) is 12.8. The van der Waals surface area contributed by atoms with Crippen molar-refractivity contribution in [2.75, 3.05) is 12.4 Å². The summed E-state index contributed by atoms with van der Waals surface area (Å²) >= 11 is 12.1. The molecule has 1 N–H and O–H groups in total. The molecule has 1 aliphatic rings. The zero-order chi connectivity index (χ0) is 15.7. The topological polar surface area (TPSA) is 38.3 Å². The highest BCUT2D eigenvalue weighted by atomic mass is 35.5. The summed E-state index contributed by atoms with van der Waals surface area (Å²) in [6.45, 7) is 0. The van der Waals surface area contributed by atoms with Crippen LogP contribution in [0.5, 0.6) is 5.75 Å². The Morgan fingerprint density at radius 2 is 1.91 bits per heavy atom. The molecule has 22 heavy (non-hydrogen) atoms. The molecule has 0 spiro atoms. The van der Waals surface area contributed by atoms with Crippen molar-refractivity contribution in [2.45, 2.75) is 18.3 Å². The molecular formula is C17H15Cl2NO2. The number of hydrogen-bond acceptors (Lipinski definition) is 2. The molecule has 0 aliphatic heterocycles. The van der Waals surface area contributed by atoms with Gasteiger partial charge in [0, 0.05) is 10.6 Å². The maximum atomic E-state index is 12.8. The number of nitrogens with one attached hydrogen (secondary N) is 1. The molecule has 2 aromatic carbocycles. The van der Waals surface area contributed by atoms with Crippen LogP contribution in [0.1, 0.15) is 18.4 Å². The molecule has 0 saturated heterocycles. The summed E-state index contributed by atoms with van der Waals surface area (Å²) in [6, 6.07) is 12.6. The molecular weight excluding hydrogens is 321 g/mol. The number of carbonyl (C=O) groups is 1. The van der Waals surface area contributed by atoms with E-state index in [1.807, 2.05) is 24.3 Å². The van der Waals surface area contributed by atoms with Gasteiger partial charge in [-0.05, 0) is 37.1 Å². The summed E-state index contributed by atoms with van der Waals surface area (Å²) in [7, 11) is 1.61. The first kappa shape index (κ1) is 15.2. The molecule has 0 bridgehead atoms. The van der Waals surface area contributed by atoms with Crippen LogP contribution in [0.25, 0.3) is 0 Å². The van der Waals surface area contributed by atoms with Gasteiger partial charge in [0.15, 0.2) is 0 Å². The smallest absolute Gasteiger partial charge is 0.235 e. The molecule has 1 fully saturated rings. The third-order valence-electron chi connectivity index (χ3n) is 3.98. The number of halogens is 2. The molecule has 3 rings (SSSR count). The van der Waals surface area contributed by atoms with Gasteiger partial charge in [0.1, 0.15) is 5.75 Å². The fourth-order valence-electron chi connectivity index (χ4n) is 2.62.